The Bertz CT molecular complexity index is 1250. The average molecular weight is 450 g/mol. The molecule has 0 aliphatic carbocycles. The molecule has 0 atom stereocenters. The number of amides is 1. The topological polar surface area (TPSA) is 90.6 Å². The van der Waals surface area contributed by atoms with Crippen molar-refractivity contribution in [1.82, 2.24) is 19.6 Å². The highest BCUT2D eigenvalue weighted by Gasteiger charge is 2.15. The molecule has 0 fully saturated rings. The van der Waals surface area contributed by atoms with E-state index >= 15 is 0 Å². The molecule has 9 heteroatoms. The summed E-state index contributed by atoms with van der Waals surface area (Å²) in [6, 6.07) is 12.7. The average Bonchev–Trinajstić information content (AvgIpc) is 3.28. The van der Waals surface area contributed by atoms with Gasteiger partial charge in [-0.05, 0) is 49.7 Å². The first kappa shape index (κ1) is 21.6. The fourth-order valence-electron chi connectivity index (χ4n) is 3.33. The number of carbonyl (C=O) groups is 1. The number of hydrogen-bond donors (Lipinski definition) is 1. The summed E-state index contributed by atoms with van der Waals surface area (Å²) in [5, 5.41) is 8.23. The second-order valence-corrected chi connectivity index (χ2v) is 8.05. The van der Waals surface area contributed by atoms with Crippen LogP contribution in [0.4, 0.5) is 5.69 Å². The van der Waals surface area contributed by atoms with Crippen molar-refractivity contribution in [3.8, 4) is 11.5 Å². The van der Waals surface area contributed by atoms with Crippen LogP contribution in [0.5, 0.6) is 11.5 Å². The van der Waals surface area contributed by atoms with Crippen molar-refractivity contribution in [1.29, 1.82) is 0 Å². The Morgan fingerprint density at radius 1 is 1.09 bits per heavy atom. The monoisotopic (exact) mass is 449 g/mol. The SMILES string of the molecule is CCc1c(C)nc2ncnn2c1Sc1ccc(NC(=O)c2cc(OC)cc(OC)c2)cc1. The lowest BCUT2D eigenvalue weighted by Crippen LogP contribution is -2.12. The lowest BCUT2D eigenvalue weighted by atomic mass is 10.2. The van der Waals surface area contributed by atoms with E-state index in [1.807, 2.05) is 31.2 Å². The minimum atomic E-state index is -0.245. The Balaban J connectivity index is 1.54. The number of ether oxygens (including phenoxy) is 2. The van der Waals surface area contributed by atoms with Crippen molar-refractivity contribution in [3.63, 3.8) is 0 Å². The maximum atomic E-state index is 12.7. The van der Waals surface area contributed by atoms with Crippen LogP contribution in [0.15, 0.2) is 58.7 Å². The van der Waals surface area contributed by atoms with Crippen LogP contribution < -0.4 is 14.8 Å². The van der Waals surface area contributed by atoms with Crippen LogP contribution in [0.3, 0.4) is 0 Å². The van der Waals surface area contributed by atoms with Gasteiger partial charge in [-0.25, -0.2) is 4.98 Å². The number of benzene rings is 2. The van der Waals surface area contributed by atoms with E-state index in [9.17, 15) is 4.79 Å². The number of aryl methyl sites for hydroxylation is 1. The van der Waals surface area contributed by atoms with Crippen LogP contribution in [0.1, 0.15) is 28.5 Å². The summed E-state index contributed by atoms with van der Waals surface area (Å²) in [5.41, 5.74) is 3.23. The molecule has 0 bridgehead atoms. The van der Waals surface area contributed by atoms with Gasteiger partial charge in [0, 0.05) is 33.5 Å². The Morgan fingerprint density at radius 3 is 2.41 bits per heavy atom. The number of hydrogen-bond acceptors (Lipinski definition) is 7. The van der Waals surface area contributed by atoms with Gasteiger partial charge in [0.25, 0.3) is 11.7 Å². The van der Waals surface area contributed by atoms with Gasteiger partial charge < -0.3 is 14.8 Å². The second kappa shape index (κ2) is 9.27. The van der Waals surface area contributed by atoms with Crippen molar-refractivity contribution in [3.05, 3.63) is 65.6 Å². The molecule has 0 unspecified atom stereocenters. The Morgan fingerprint density at radius 2 is 1.78 bits per heavy atom. The van der Waals surface area contributed by atoms with Crippen molar-refractivity contribution < 1.29 is 14.3 Å². The maximum absolute atomic E-state index is 12.7. The third-order valence-electron chi connectivity index (χ3n) is 4.98. The molecule has 0 spiro atoms. The molecule has 4 rings (SSSR count). The van der Waals surface area contributed by atoms with Gasteiger partial charge in [0.2, 0.25) is 0 Å². The Kier molecular flexibility index (Phi) is 6.27. The normalized spacial score (nSPS) is 10.9. The minimum absolute atomic E-state index is 0.245. The number of aromatic nitrogens is 4. The van der Waals surface area contributed by atoms with Crippen molar-refractivity contribution in [2.75, 3.05) is 19.5 Å². The fraction of sp³-hybridized carbons (Fsp3) is 0.217. The molecule has 1 amide bonds. The van der Waals surface area contributed by atoms with Gasteiger partial charge in [-0.15, -0.1) is 0 Å². The van der Waals surface area contributed by atoms with Gasteiger partial charge in [0.1, 0.15) is 22.9 Å². The van der Waals surface area contributed by atoms with E-state index in [2.05, 4.69) is 27.3 Å². The zero-order valence-electron chi connectivity index (χ0n) is 18.2. The molecule has 0 saturated heterocycles. The van der Waals surface area contributed by atoms with E-state index in [1.54, 1.807) is 48.7 Å². The molecule has 8 nitrogen and oxygen atoms in total. The summed E-state index contributed by atoms with van der Waals surface area (Å²) < 4.78 is 12.3. The highest BCUT2D eigenvalue weighted by Crippen LogP contribution is 2.32. The lowest BCUT2D eigenvalue weighted by molar-refractivity contribution is 0.102. The summed E-state index contributed by atoms with van der Waals surface area (Å²) in [4.78, 5) is 22.5. The molecule has 0 aliphatic heterocycles. The van der Waals surface area contributed by atoms with Gasteiger partial charge in [0.15, 0.2) is 0 Å². The zero-order valence-corrected chi connectivity index (χ0v) is 19.1. The molecule has 2 heterocycles. The summed E-state index contributed by atoms with van der Waals surface area (Å²) in [6.07, 6.45) is 2.35. The van der Waals surface area contributed by atoms with Crippen LogP contribution in [0, 0.1) is 6.92 Å². The number of fused-ring (bicyclic) bond motifs is 1. The minimum Gasteiger partial charge on any atom is -0.497 e. The number of carbonyl (C=O) groups excluding carboxylic acids is 1. The molecule has 32 heavy (non-hydrogen) atoms. The third-order valence-corrected chi connectivity index (χ3v) is 6.10. The highest BCUT2D eigenvalue weighted by molar-refractivity contribution is 7.99. The molecule has 0 aliphatic rings. The standard InChI is InChI=1S/C23H23N5O3S/c1-5-20-14(2)26-23-24-13-25-28(23)22(20)32-19-8-6-16(7-9-19)27-21(29)15-10-17(30-3)12-18(11-15)31-4/h6-13H,5H2,1-4H3,(H,27,29). The molecular weight excluding hydrogens is 426 g/mol. The second-order valence-electron chi connectivity index (χ2n) is 6.99. The van der Waals surface area contributed by atoms with E-state index in [0.717, 1.165) is 27.6 Å². The molecule has 4 aromatic rings. The fourth-order valence-corrected chi connectivity index (χ4v) is 4.45. The largest absolute Gasteiger partial charge is 0.497 e. The first-order valence-corrected chi connectivity index (χ1v) is 10.9. The van der Waals surface area contributed by atoms with Gasteiger partial charge >= 0.3 is 0 Å². The lowest BCUT2D eigenvalue weighted by Gasteiger charge is -2.12. The molecule has 2 aromatic heterocycles. The van der Waals surface area contributed by atoms with Gasteiger partial charge in [0.05, 0.1) is 14.2 Å². The van der Waals surface area contributed by atoms with Crippen LogP contribution in [0.25, 0.3) is 5.78 Å². The van der Waals surface area contributed by atoms with Crippen molar-refractivity contribution in [2.45, 2.75) is 30.2 Å². The van der Waals surface area contributed by atoms with Crippen molar-refractivity contribution in [2.24, 2.45) is 0 Å². The van der Waals surface area contributed by atoms with Gasteiger partial charge in [-0.1, -0.05) is 18.7 Å². The summed E-state index contributed by atoms with van der Waals surface area (Å²) in [6.45, 7) is 4.09. The maximum Gasteiger partial charge on any atom is 0.255 e. The molecule has 2 aromatic carbocycles. The van der Waals surface area contributed by atoms with E-state index < -0.39 is 0 Å². The molecule has 164 valence electrons. The third kappa shape index (κ3) is 4.38. The van der Waals surface area contributed by atoms with Gasteiger partial charge in [-0.3, -0.25) is 4.79 Å². The first-order valence-electron chi connectivity index (χ1n) is 10.0. The Labute approximate surface area is 190 Å². The van der Waals surface area contributed by atoms with E-state index in [4.69, 9.17) is 9.47 Å². The van der Waals surface area contributed by atoms with E-state index in [0.29, 0.717) is 28.5 Å². The summed E-state index contributed by atoms with van der Waals surface area (Å²) >= 11 is 1.60. The molecule has 0 radical (unpaired) electrons. The van der Waals surface area contributed by atoms with E-state index in [1.165, 1.54) is 6.33 Å². The van der Waals surface area contributed by atoms with Crippen LogP contribution in [-0.2, 0) is 6.42 Å². The number of methoxy groups -OCH3 is 2. The molecular formula is C23H23N5O3S. The predicted molar refractivity (Wildman–Crippen MR) is 123 cm³/mol. The van der Waals surface area contributed by atoms with Gasteiger partial charge in [-0.2, -0.15) is 14.6 Å². The predicted octanol–water partition coefficient (Wildman–Crippen LogP) is 4.42. The molecule has 1 N–H and O–H groups in total. The summed E-state index contributed by atoms with van der Waals surface area (Å²) in [7, 11) is 3.10. The molecule has 0 saturated carbocycles. The van der Waals surface area contributed by atoms with Crippen LogP contribution in [-0.4, -0.2) is 39.7 Å². The number of rotatable bonds is 7. The Hall–Kier alpha value is -3.59. The van der Waals surface area contributed by atoms with Crippen molar-refractivity contribution >= 4 is 29.1 Å². The number of anilines is 1. The first-order chi connectivity index (χ1) is 15.5. The quantitative estimate of drug-likeness (QED) is 0.418. The van der Waals surface area contributed by atoms with Crippen LogP contribution in [0.2, 0.25) is 0 Å². The summed E-state index contributed by atoms with van der Waals surface area (Å²) in [5.74, 6) is 1.45. The number of nitrogens with one attached hydrogen (secondary N) is 1. The number of nitrogens with zero attached hydrogens (tertiary/aromatic N) is 4. The smallest absolute Gasteiger partial charge is 0.255 e. The van der Waals surface area contributed by atoms with E-state index in [-0.39, 0.29) is 5.91 Å². The van der Waals surface area contributed by atoms with Crippen LogP contribution >= 0.6 is 11.8 Å². The zero-order chi connectivity index (χ0) is 22.7. The highest BCUT2D eigenvalue weighted by atomic mass is 32.2.